The first kappa shape index (κ1) is 14.1. The van der Waals surface area contributed by atoms with Crippen molar-refractivity contribution in [2.45, 2.75) is 26.2 Å². The van der Waals surface area contributed by atoms with Gasteiger partial charge in [0.25, 0.3) is 0 Å². The van der Waals surface area contributed by atoms with Gasteiger partial charge < -0.3 is 5.32 Å². The van der Waals surface area contributed by atoms with E-state index < -0.39 is 0 Å². The fourth-order valence-corrected chi connectivity index (χ4v) is 3.09. The first-order valence-electron chi connectivity index (χ1n) is 7.20. The Hall–Kier alpha value is -1.81. The number of hydrogen-bond donors (Lipinski definition) is 1. The highest BCUT2D eigenvalue weighted by Gasteiger charge is 2.18. The number of nitrogens with zero attached hydrogens (tertiary/aromatic N) is 2. The van der Waals surface area contributed by atoms with E-state index in [-0.39, 0.29) is 12.2 Å². The average Bonchev–Trinajstić information content (AvgIpc) is 3.05. The maximum Gasteiger partial charge on any atom is 0.168 e. The number of nitrogens with one attached hydrogen (secondary N) is 1. The van der Waals surface area contributed by atoms with Gasteiger partial charge in [0, 0.05) is 24.8 Å². The summed E-state index contributed by atoms with van der Waals surface area (Å²) in [5, 5.41) is 8.27. The van der Waals surface area contributed by atoms with Gasteiger partial charge in [-0.1, -0.05) is 30.7 Å². The lowest BCUT2D eigenvalue weighted by atomic mass is 10.0. The van der Waals surface area contributed by atoms with Crippen LogP contribution in [0.25, 0.3) is 0 Å². The number of anilines is 1. The zero-order valence-corrected chi connectivity index (χ0v) is 13.0. The Morgan fingerprint density at radius 3 is 3.00 bits per heavy atom. The molecule has 0 bridgehead atoms. The van der Waals surface area contributed by atoms with Crippen LogP contribution in [0, 0.1) is 0 Å². The number of halogens is 1. The molecule has 5 heteroatoms. The Morgan fingerprint density at radius 1 is 1.48 bits per heavy atom. The Labute approximate surface area is 129 Å². The quantitative estimate of drug-likeness (QED) is 0.883. The number of fused-ring (bicyclic) bond motifs is 1. The molecule has 0 radical (unpaired) electrons. The Kier molecular flexibility index (Phi) is 3.72. The fourth-order valence-electron chi connectivity index (χ4n) is 2.73. The lowest BCUT2D eigenvalue weighted by Gasteiger charge is -2.05. The molecule has 1 aliphatic rings. The van der Waals surface area contributed by atoms with Crippen molar-refractivity contribution in [1.82, 2.24) is 9.78 Å². The highest BCUT2D eigenvalue weighted by atomic mass is 35.5. The molecular weight excluding hydrogens is 286 g/mol. The van der Waals surface area contributed by atoms with Crippen molar-refractivity contribution >= 4 is 23.1 Å². The molecule has 0 amide bonds. The molecule has 2 aromatic rings. The molecule has 0 atom stereocenters. The zero-order chi connectivity index (χ0) is 15.0. The van der Waals surface area contributed by atoms with Gasteiger partial charge in [0.2, 0.25) is 0 Å². The van der Waals surface area contributed by atoms with Crippen LogP contribution < -0.4 is 5.32 Å². The summed E-state index contributed by atoms with van der Waals surface area (Å²) in [7, 11) is 1.83. The van der Waals surface area contributed by atoms with E-state index >= 15 is 0 Å². The second-order valence-corrected chi connectivity index (χ2v) is 5.71. The zero-order valence-electron chi connectivity index (χ0n) is 12.2. The van der Waals surface area contributed by atoms with Gasteiger partial charge in [0.15, 0.2) is 5.78 Å². The summed E-state index contributed by atoms with van der Waals surface area (Å²) in [5.41, 5.74) is 4.70. The first-order chi connectivity index (χ1) is 10.1. The molecule has 2 heterocycles. The summed E-state index contributed by atoms with van der Waals surface area (Å²) in [4.78, 5) is 12.5. The normalized spacial score (nSPS) is 13.1. The van der Waals surface area contributed by atoms with Crippen LogP contribution in [0.2, 0.25) is 5.02 Å². The molecular formula is C16H18ClN3O. The van der Waals surface area contributed by atoms with Crippen LogP contribution in [0.15, 0.2) is 18.2 Å². The van der Waals surface area contributed by atoms with Crippen molar-refractivity contribution in [1.29, 1.82) is 0 Å². The maximum absolute atomic E-state index is 12.5. The summed E-state index contributed by atoms with van der Waals surface area (Å²) >= 11 is 6.31. The monoisotopic (exact) mass is 303 g/mol. The van der Waals surface area contributed by atoms with Crippen LogP contribution in [0.5, 0.6) is 0 Å². The van der Waals surface area contributed by atoms with Crippen LogP contribution >= 0.6 is 11.6 Å². The SMILES string of the molecule is CCc1nn(C)c(CC(=O)c2ccc3c(c2)NCC3)c1Cl. The second kappa shape index (κ2) is 5.53. The van der Waals surface area contributed by atoms with E-state index in [9.17, 15) is 4.79 Å². The van der Waals surface area contributed by atoms with Gasteiger partial charge in [-0.3, -0.25) is 9.48 Å². The van der Waals surface area contributed by atoms with Crippen molar-refractivity contribution < 1.29 is 4.79 Å². The van der Waals surface area contributed by atoms with Crippen LogP contribution in [-0.4, -0.2) is 22.1 Å². The average molecular weight is 304 g/mol. The number of carbonyl (C=O) groups is 1. The minimum atomic E-state index is 0.0686. The smallest absolute Gasteiger partial charge is 0.168 e. The molecule has 0 saturated heterocycles. The number of aryl methyl sites for hydroxylation is 2. The van der Waals surface area contributed by atoms with Gasteiger partial charge in [0.1, 0.15) is 0 Å². The van der Waals surface area contributed by atoms with Crippen molar-refractivity contribution in [3.63, 3.8) is 0 Å². The largest absolute Gasteiger partial charge is 0.384 e. The van der Waals surface area contributed by atoms with Crippen LogP contribution in [0.4, 0.5) is 5.69 Å². The Morgan fingerprint density at radius 2 is 2.29 bits per heavy atom. The molecule has 0 saturated carbocycles. The predicted octanol–water partition coefficient (Wildman–Crippen LogP) is 3.03. The van der Waals surface area contributed by atoms with E-state index in [1.54, 1.807) is 4.68 Å². The van der Waals surface area contributed by atoms with Gasteiger partial charge in [0.05, 0.1) is 22.8 Å². The summed E-state index contributed by atoms with van der Waals surface area (Å²) in [6, 6.07) is 5.87. The molecule has 4 nitrogen and oxygen atoms in total. The van der Waals surface area contributed by atoms with E-state index in [1.807, 2.05) is 32.2 Å². The van der Waals surface area contributed by atoms with E-state index in [4.69, 9.17) is 11.6 Å². The number of benzene rings is 1. The van der Waals surface area contributed by atoms with Crippen molar-refractivity contribution in [3.05, 3.63) is 45.7 Å². The van der Waals surface area contributed by atoms with Crippen LogP contribution in [-0.2, 0) is 26.3 Å². The molecule has 1 aromatic carbocycles. The number of aromatic nitrogens is 2. The molecule has 0 aliphatic carbocycles. The number of carbonyl (C=O) groups excluding carboxylic acids is 1. The number of hydrogen-bond acceptors (Lipinski definition) is 3. The molecule has 21 heavy (non-hydrogen) atoms. The molecule has 0 fully saturated rings. The molecule has 3 rings (SSSR count). The highest BCUT2D eigenvalue weighted by Crippen LogP contribution is 2.26. The van der Waals surface area contributed by atoms with E-state index in [0.717, 1.165) is 42.0 Å². The van der Waals surface area contributed by atoms with Gasteiger partial charge in [-0.15, -0.1) is 0 Å². The van der Waals surface area contributed by atoms with Crippen molar-refractivity contribution in [3.8, 4) is 0 Å². The van der Waals surface area contributed by atoms with E-state index in [0.29, 0.717) is 5.02 Å². The predicted molar refractivity (Wildman–Crippen MR) is 84.3 cm³/mol. The van der Waals surface area contributed by atoms with Crippen molar-refractivity contribution in [2.24, 2.45) is 7.05 Å². The lowest BCUT2D eigenvalue weighted by Crippen LogP contribution is -2.08. The van der Waals surface area contributed by atoms with E-state index in [1.165, 1.54) is 5.56 Å². The Bertz CT molecular complexity index is 706. The third-order valence-electron chi connectivity index (χ3n) is 3.97. The third-order valence-corrected chi connectivity index (χ3v) is 4.41. The van der Waals surface area contributed by atoms with Gasteiger partial charge in [-0.05, 0) is 24.5 Å². The molecule has 1 N–H and O–H groups in total. The summed E-state index contributed by atoms with van der Waals surface area (Å²) in [6.07, 6.45) is 2.07. The van der Waals surface area contributed by atoms with Crippen LogP contribution in [0.3, 0.4) is 0 Å². The molecule has 0 unspecified atom stereocenters. The summed E-state index contributed by atoms with van der Waals surface area (Å²) in [5.74, 6) is 0.0686. The molecule has 0 spiro atoms. The number of Topliss-reactive ketones (excluding diaryl/α,β-unsaturated/α-hetero) is 1. The summed E-state index contributed by atoms with van der Waals surface area (Å²) < 4.78 is 1.71. The fraction of sp³-hybridized carbons (Fsp3) is 0.375. The van der Waals surface area contributed by atoms with Gasteiger partial charge in [-0.2, -0.15) is 5.10 Å². The minimum Gasteiger partial charge on any atom is -0.384 e. The number of ketones is 1. The first-order valence-corrected chi connectivity index (χ1v) is 7.58. The maximum atomic E-state index is 12.5. The Balaban J connectivity index is 1.85. The molecule has 1 aromatic heterocycles. The topological polar surface area (TPSA) is 46.9 Å². The van der Waals surface area contributed by atoms with E-state index in [2.05, 4.69) is 10.4 Å². The summed E-state index contributed by atoms with van der Waals surface area (Å²) in [6.45, 7) is 2.95. The van der Waals surface area contributed by atoms with Gasteiger partial charge in [-0.25, -0.2) is 0 Å². The third kappa shape index (κ3) is 2.56. The molecule has 1 aliphatic heterocycles. The minimum absolute atomic E-state index is 0.0686. The second-order valence-electron chi connectivity index (χ2n) is 5.33. The lowest BCUT2D eigenvalue weighted by molar-refractivity contribution is 0.0991. The highest BCUT2D eigenvalue weighted by molar-refractivity contribution is 6.32. The van der Waals surface area contributed by atoms with Crippen molar-refractivity contribution in [2.75, 3.05) is 11.9 Å². The van der Waals surface area contributed by atoms with Crippen LogP contribution in [0.1, 0.15) is 34.2 Å². The van der Waals surface area contributed by atoms with Gasteiger partial charge >= 0.3 is 0 Å². The standard InChI is InChI=1S/C16H18ClN3O/c1-3-12-16(17)14(20(2)19-12)9-15(21)11-5-4-10-6-7-18-13(10)8-11/h4-5,8,18H,3,6-7,9H2,1-2H3. The number of rotatable bonds is 4. The molecule has 110 valence electrons.